The molecule has 40 nitrogen and oxygen atoms in total. The molecule has 1 aliphatic heterocycles. The number of benzene rings is 3. The van der Waals surface area contributed by atoms with Gasteiger partial charge in [0.15, 0.2) is 5.96 Å². The predicted octanol–water partition coefficient (Wildman–Crippen LogP) is -5.06. The lowest BCUT2D eigenvalue weighted by Gasteiger charge is -2.31. The summed E-state index contributed by atoms with van der Waals surface area (Å²) < 4.78 is 0. The number of nitrogens with zero attached hydrogens (tertiary/aromatic N) is 2. The number of carboxylic acid groups (broad SMARTS) is 1. The molecular formula is C76H107N21O19S2. The number of unbranched alkanes of at least 4 members (excludes halogenated alkanes) is 1. The fraction of sp³-hybridized carbons (Fsp3) is 0.487. The number of fused-ring (bicyclic) bond motifs is 1. The van der Waals surface area contributed by atoms with E-state index < -0.39 is 211 Å². The zero-order chi connectivity index (χ0) is 86.7. The second-order valence-electron chi connectivity index (χ2n) is 28.5. The monoisotopic (exact) mass is 1680 g/mol. The van der Waals surface area contributed by atoms with Crippen molar-refractivity contribution in [3.05, 3.63) is 120 Å². The zero-order valence-corrected chi connectivity index (χ0v) is 67.2. The van der Waals surface area contributed by atoms with Crippen LogP contribution < -0.4 is 86.3 Å². The Balaban J connectivity index is 1.26. The van der Waals surface area contributed by atoms with Crippen molar-refractivity contribution in [2.45, 2.75) is 183 Å². The normalized spacial score (nSPS) is 15.5. The highest BCUT2D eigenvalue weighted by atomic mass is 32.1. The molecule has 3 aromatic carbocycles. The van der Waals surface area contributed by atoms with Crippen LogP contribution >= 0.6 is 25.3 Å². The van der Waals surface area contributed by atoms with Gasteiger partial charge in [0.25, 0.3) is 0 Å². The molecule has 642 valence electrons. The highest BCUT2D eigenvalue weighted by Gasteiger charge is 2.42. The fourth-order valence-corrected chi connectivity index (χ4v) is 13.3. The minimum atomic E-state index is -1.87. The number of phenolic OH excluding ortho intramolecular Hbond substituents is 1. The topological polar surface area (TPSA) is 643 Å². The summed E-state index contributed by atoms with van der Waals surface area (Å²) in [6.45, 7) is 2.83. The van der Waals surface area contributed by atoms with Crippen molar-refractivity contribution in [3.8, 4) is 5.75 Å². The SMILES string of the molecule is CC(=O)N[C@@H](CO)C(=O)N[C@@H](Cc1ccc(O)cc1)C(=O)N[C@@H](CO)C(=O)N[C@@H](CS)C(=O)N[C@@H](CCC(=O)O)C(=O)N[C@@H](Cc1c[nH]cn1)C(=O)N[C@@H](Cc1ccccc1)C(=O)N[C@@H](CCCNC(=N)N)C(=O)N[C@@H](Cc1c[nH]c2ccccc12)C(=O)N[C@@H](CS)C(=O)N[C@@H](CCCCN)C(=O)N1CCC[C@H]1C(=O)N[C@H](C(N)=O)C(C)C. The molecule has 1 aliphatic rings. The molecule has 0 saturated carbocycles. The van der Waals surface area contributed by atoms with Gasteiger partial charge in [0.05, 0.1) is 25.2 Å². The van der Waals surface area contributed by atoms with E-state index in [0.717, 1.165) is 6.92 Å². The third-order valence-corrected chi connectivity index (χ3v) is 19.9. The van der Waals surface area contributed by atoms with Gasteiger partial charge < -0.3 is 122 Å². The number of carboxylic acids is 1. The van der Waals surface area contributed by atoms with Gasteiger partial charge in [-0.1, -0.05) is 74.5 Å². The zero-order valence-electron chi connectivity index (χ0n) is 65.4. The summed E-state index contributed by atoms with van der Waals surface area (Å²) >= 11 is 8.64. The van der Waals surface area contributed by atoms with Crippen LogP contribution in [0, 0.1) is 11.3 Å². The molecule has 2 aromatic heterocycles. The Kier molecular flexibility index (Phi) is 38.6. The number of aliphatic hydroxyl groups excluding tert-OH is 2. The maximum absolute atomic E-state index is 15.2. The average Bonchev–Trinajstić information content (AvgIpc) is 1.74. The summed E-state index contributed by atoms with van der Waals surface area (Å²) in [5, 5.41) is 81.4. The molecule has 5 aromatic rings. The fourth-order valence-electron chi connectivity index (χ4n) is 12.8. The number of aromatic amines is 2. The van der Waals surface area contributed by atoms with E-state index in [1.165, 1.54) is 41.7 Å². The maximum atomic E-state index is 15.2. The van der Waals surface area contributed by atoms with E-state index in [1.54, 1.807) is 74.6 Å². The van der Waals surface area contributed by atoms with Gasteiger partial charge >= 0.3 is 5.97 Å². The molecule has 42 heteroatoms. The number of carbonyl (C=O) groups is 15. The van der Waals surface area contributed by atoms with E-state index in [-0.39, 0.29) is 87.7 Å². The number of likely N-dealkylation sites (tertiary alicyclic amines) is 1. The standard InChI is InChI=1S/C76H107N21O19S2/c1-40(2)62(63(78)104)96-74(115)60-19-12-28-97(60)75(116)51(17-9-10-26-77)88-73(114)59(38-118)94-68(109)54(31-44-33-83-48-16-8-7-15-47(44)48)91-64(105)49(18-11-27-82-76(79)80)86-66(107)52(29-42-13-5-4-6-14-42)89-69(110)55(32-45-34-81-39-84-45)92-65(106)50(24-25-61(102)103)87-72(113)58(37-117)95-71(112)57(36-99)93-67(108)53(30-43-20-22-46(101)23-21-43)90-70(111)56(35-98)85-41(3)100/h4-8,13-16,20-23,33-34,39-40,49-60,62,83,98-99,101,117-118H,9-12,17-19,24-32,35-38,77H2,1-3H3,(H2,78,104)(H,81,84)(H,85,100)(H,86,107)(H,87,113)(H,88,114)(H,89,110)(H,90,111)(H,91,105)(H,92,106)(H,93,108)(H,94,109)(H,95,112)(H,96,115)(H,102,103)(H4,79,80,82)/t49-,50-,51-,52-,53-,54-,55-,56-,57-,58-,59-,60-,62-/m0/s1. The Morgan fingerprint density at radius 3 is 1.53 bits per heavy atom. The number of thiol groups is 2. The van der Waals surface area contributed by atoms with Crippen LogP contribution in [-0.2, 0) is 97.6 Å². The van der Waals surface area contributed by atoms with Crippen molar-refractivity contribution in [1.29, 1.82) is 5.41 Å². The van der Waals surface area contributed by atoms with E-state index in [1.807, 2.05) is 0 Å². The Labute approximate surface area is 690 Å². The number of nitrogens with two attached hydrogens (primary N) is 3. The molecule has 118 heavy (non-hydrogen) atoms. The van der Waals surface area contributed by atoms with Crippen LogP contribution in [0.15, 0.2) is 97.6 Å². The van der Waals surface area contributed by atoms with Crippen molar-refractivity contribution in [3.63, 3.8) is 0 Å². The minimum absolute atomic E-state index is 0.0188. The molecule has 0 unspecified atom stereocenters. The van der Waals surface area contributed by atoms with Gasteiger partial charge in [-0.05, 0) is 98.7 Å². The number of amides is 14. The summed E-state index contributed by atoms with van der Waals surface area (Å²) in [4.78, 5) is 221. The van der Waals surface area contributed by atoms with E-state index in [9.17, 15) is 73.2 Å². The highest BCUT2D eigenvalue weighted by Crippen LogP contribution is 2.23. The van der Waals surface area contributed by atoms with Gasteiger partial charge in [-0.3, -0.25) is 77.3 Å². The quantitative estimate of drug-likeness (QED) is 0.00750. The second kappa shape index (κ2) is 48.0. The highest BCUT2D eigenvalue weighted by molar-refractivity contribution is 7.80. The molecule has 26 N–H and O–H groups in total. The van der Waals surface area contributed by atoms with Crippen LogP contribution in [0.3, 0.4) is 0 Å². The number of aliphatic hydroxyl groups is 2. The lowest BCUT2D eigenvalue weighted by molar-refractivity contribution is -0.142. The van der Waals surface area contributed by atoms with Gasteiger partial charge in [0, 0.05) is 86.9 Å². The first-order valence-corrected chi connectivity index (χ1v) is 39.5. The Morgan fingerprint density at radius 1 is 0.551 bits per heavy atom. The average molecular weight is 1680 g/mol. The number of hydrogen-bond donors (Lipinski definition) is 25. The number of aromatic hydroxyl groups is 1. The number of rotatable bonds is 49. The number of hydrogen-bond acceptors (Lipinski definition) is 23. The van der Waals surface area contributed by atoms with Crippen molar-refractivity contribution in [1.82, 2.24) is 89.0 Å². The van der Waals surface area contributed by atoms with E-state index >= 15 is 19.2 Å². The Hall–Kier alpha value is -11.9. The first-order chi connectivity index (χ1) is 56.3. The number of H-pyrrole nitrogens is 2. The van der Waals surface area contributed by atoms with Crippen molar-refractivity contribution in [2.24, 2.45) is 23.1 Å². The number of primary amides is 1. The summed E-state index contributed by atoms with van der Waals surface area (Å²) in [6, 6.07) is 0.879. The molecule has 1 saturated heterocycles. The molecule has 14 amide bonds. The number of aromatic nitrogens is 3. The minimum Gasteiger partial charge on any atom is -0.508 e. The largest absolute Gasteiger partial charge is 0.508 e. The van der Waals surface area contributed by atoms with Crippen LogP contribution in [0.5, 0.6) is 5.75 Å². The van der Waals surface area contributed by atoms with Crippen LogP contribution in [0.2, 0.25) is 0 Å². The third-order valence-electron chi connectivity index (χ3n) is 19.1. The van der Waals surface area contributed by atoms with Crippen LogP contribution in [0.4, 0.5) is 0 Å². The summed E-state index contributed by atoms with van der Waals surface area (Å²) in [5.41, 5.74) is 19.2. The molecule has 3 heterocycles. The Bertz CT molecular complexity index is 4280. The molecule has 0 aliphatic carbocycles. The van der Waals surface area contributed by atoms with Crippen LogP contribution in [-0.4, -0.2) is 258 Å². The number of carbonyl (C=O) groups excluding carboxylic acids is 14. The first kappa shape index (κ1) is 95.0. The van der Waals surface area contributed by atoms with E-state index in [4.69, 9.17) is 22.6 Å². The van der Waals surface area contributed by atoms with Crippen molar-refractivity contribution in [2.75, 3.05) is 44.4 Å². The number of phenols is 1. The van der Waals surface area contributed by atoms with Gasteiger partial charge in [0.2, 0.25) is 82.7 Å². The van der Waals surface area contributed by atoms with E-state index in [2.05, 4.69) is 109 Å². The van der Waals surface area contributed by atoms with Gasteiger partial charge in [-0.2, -0.15) is 25.3 Å². The summed E-state index contributed by atoms with van der Waals surface area (Å²) in [5.74, 6) is -16.5. The number of guanidine groups is 1. The first-order valence-electron chi connectivity index (χ1n) is 38.3. The van der Waals surface area contributed by atoms with Gasteiger partial charge in [-0.25, -0.2) is 4.98 Å². The van der Waals surface area contributed by atoms with Gasteiger partial charge in [-0.15, -0.1) is 0 Å². The van der Waals surface area contributed by atoms with Gasteiger partial charge in [0.1, 0.15) is 84.3 Å². The number of nitrogens with one attached hydrogen (secondary N) is 16. The number of aliphatic carboxylic acids is 1. The van der Waals surface area contributed by atoms with Crippen LogP contribution in [0.1, 0.15) is 101 Å². The molecule has 0 bridgehead atoms. The lowest BCUT2D eigenvalue weighted by atomic mass is 10.0. The molecule has 0 radical (unpaired) electrons. The lowest BCUT2D eigenvalue weighted by Crippen LogP contribution is -2.62. The number of para-hydroxylation sites is 1. The summed E-state index contributed by atoms with van der Waals surface area (Å²) in [6.07, 6.45) is 2.88. The van der Waals surface area contributed by atoms with Crippen molar-refractivity contribution >= 4 is 131 Å². The Morgan fingerprint density at radius 2 is 1.02 bits per heavy atom. The molecule has 0 spiro atoms. The molecular weight excluding hydrogens is 1580 g/mol. The molecule has 13 atom stereocenters. The maximum Gasteiger partial charge on any atom is 0.303 e. The predicted molar refractivity (Wildman–Crippen MR) is 435 cm³/mol. The van der Waals surface area contributed by atoms with Crippen LogP contribution in [0.25, 0.3) is 10.9 Å². The van der Waals surface area contributed by atoms with Crippen molar-refractivity contribution < 1.29 is 92.3 Å². The number of imidazole rings is 1. The van der Waals surface area contributed by atoms with E-state index in [0.29, 0.717) is 46.9 Å². The summed E-state index contributed by atoms with van der Waals surface area (Å²) in [7, 11) is 0. The molecule has 1 fully saturated rings. The smallest absolute Gasteiger partial charge is 0.303 e. The molecule has 6 rings (SSSR count). The second-order valence-corrected chi connectivity index (χ2v) is 29.2. The third kappa shape index (κ3) is 30.0.